The topological polar surface area (TPSA) is 59.4 Å². The second-order valence-electron chi connectivity index (χ2n) is 7.85. The molecule has 6 heteroatoms. The van der Waals surface area contributed by atoms with E-state index in [0.29, 0.717) is 18.3 Å². The van der Waals surface area contributed by atoms with Crippen LogP contribution in [0.15, 0.2) is 36.5 Å². The molecule has 1 aromatic carbocycles. The minimum absolute atomic E-state index is 0.171. The number of benzene rings is 1. The van der Waals surface area contributed by atoms with Crippen molar-refractivity contribution in [2.45, 2.75) is 51.0 Å². The van der Waals surface area contributed by atoms with Crippen LogP contribution in [-0.4, -0.2) is 46.8 Å². The van der Waals surface area contributed by atoms with Gasteiger partial charge in [0.1, 0.15) is 12.4 Å². The van der Waals surface area contributed by atoms with Crippen LogP contribution in [0.1, 0.15) is 61.5 Å². The lowest BCUT2D eigenvalue weighted by Crippen LogP contribution is -2.33. The molecule has 0 bridgehead atoms. The first-order chi connectivity index (χ1) is 13.8. The van der Waals surface area contributed by atoms with E-state index in [0.717, 1.165) is 30.8 Å². The van der Waals surface area contributed by atoms with Gasteiger partial charge in [-0.2, -0.15) is 5.10 Å². The zero-order chi connectivity index (χ0) is 19.2. The molecule has 1 aliphatic carbocycles. The maximum atomic E-state index is 12.5. The molecule has 1 saturated heterocycles. The zero-order valence-corrected chi connectivity index (χ0v) is 16.5. The number of hydrogen-bond acceptors (Lipinski definition) is 4. The number of carbonyl (C=O) groups excluding carboxylic acids is 1. The van der Waals surface area contributed by atoms with Gasteiger partial charge in [0.05, 0.1) is 6.04 Å². The van der Waals surface area contributed by atoms with Crippen molar-refractivity contribution >= 4 is 11.6 Å². The Kier molecular flexibility index (Phi) is 6.27. The Hall–Kier alpha value is -2.34. The Morgan fingerprint density at radius 3 is 2.54 bits per heavy atom. The number of hydrogen-bond donors (Lipinski definition) is 1. The molecule has 1 saturated carbocycles. The quantitative estimate of drug-likeness (QED) is 0.783. The van der Waals surface area contributed by atoms with Crippen LogP contribution >= 0.6 is 0 Å². The molecule has 1 aromatic heterocycles. The molecule has 28 heavy (non-hydrogen) atoms. The van der Waals surface area contributed by atoms with Gasteiger partial charge in [0, 0.05) is 18.4 Å². The summed E-state index contributed by atoms with van der Waals surface area (Å²) in [7, 11) is 0. The highest BCUT2D eigenvalue weighted by molar-refractivity contribution is 6.02. The number of carbonyl (C=O) groups is 1. The summed E-state index contributed by atoms with van der Waals surface area (Å²) >= 11 is 0. The fraction of sp³-hybridized carbons (Fsp3) is 0.545. The average molecular weight is 383 g/mol. The summed E-state index contributed by atoms with van der Waals surface area (Å²) in [4.78, 5) is 14.9. The third-order valence-corrected chi connectivity index (χ3v) is 5.78. The van der Waals surface area contributed by atoms with Gasteiger partial charge >= 0.3 is 0 Å². The van der Waals surface area contributed by atoms with E-state index in [9.17, 15) is 4.79 Å². The number of nitrogens with one attached hydrogen (secondary N) is 1. The average Bonchev–Trinajstić information content (AvgIpc) is 3.42. The maximum Gasteiger partial charge on any atom is 0.276 e. The lowest BCUT2D eigenvalue weighted by Gasteiger charge is -2.26. The van der Waals surface area contributed by atoms with Gasteiger partial charge < -0.3 is 10.1 Å². The van der Waals surface area contributed by atoms with Crippen molar-refractivity contribution in [3.05, 3.63) is 42.2 Å². The predicted octanol–water partition coefficient (Wildman–Crippen LogP) is 4.12. The number of piperidine rings is 1. The molecule has 0 unspecified atom stereocenters. The number of amides is 1. The molecule has 2 aliphatic rings. The summed E-state index contributed by atoms with van der Waals surface area (Å²) in [6.45, 7) is 4.04. The van der Waals surface area contributed by atoms with E-state index in [1.165, 1.54) is 45.2 Å². The highest BCUT2D eigenvalue weighted by Crippen LogP contribution is 2.28. The molecule has 2 aromatic rings. The number of likely N-dealkylation sites (tertiary alicyclic amines) is 1. The Balaban J connectivity index is 1.25. The molecule has 4 rings (SSSR count). The van der Waals surface area contributed by atoms with Crippen molar-refractivity contribution in [2.24, 2.45) is 0 Å². The molecular formula is C22H30N4O2. The molecular weight excluding hydrogens is 352 g/mol. The SMILES string of the molecule is O=C(Nc1ccc(OCCN2CCCCC2)cc1)c1ccn(C2CCCC2)n1. The summed E-state index contributed by atoms with van der Waals surface area (Å²) in [6, 6.07) is 9.81. The minimum atomic E-state index is -0.171. The molecule has 1 aliphatic heterocycles. The highest BCUT2D eigenvalue weighted by Gasteiger charge is 2.19. The molecule has 2 fully saturated rings. The minimum Gasteiger partial charge on any atom is -0.492 e. The van der Waals surface area contributed by atoms with E-state index in [1.54, 1.807) is 6.07 Å². The number of rotatable bonds is 7. The number of aromatic nitrogens is 2. The first-order valence-electron chi connectivity index (χ1n) is 10.6. The van der Waals surface area contributed by atoms with Gasteiger partial charge in [-0.3, -0.25) is 14.4 Å². The van der Waals surface area contributed by atoms with Crippen LogP contribution in [0.25, 0.3) is 0 Å². The van der Waals surface area contributed by atoms with E-state index in [2.05, 4.69) is 15.3 Å². The first kappa shape index (κ1) is 19.0. The third kappa shape index (κ3) is 4.93. The summed E-state index contributed by atoms with van der Waals surface area (Å²) in [5.41, 5.74) is 1.22. The Morgan fingerprint density at radius 2 is 1.79 bits per heavy atom. The number of nitrogens with zero attached hydrogens (tertiary/aromatic N) is 3. The van der Waals surface area contributed by atoms with Gasteiger partial charge in [-0.05, 0) is 69.1 Å². The Bertz CT molecular complexity index is 759. The Labute approximate surface area is 166 Å². The smallest absolute Gasteiger partial charge is 0.276 e. The van der Waals surface area contributed by atoms with E-state index in [1.807, 2.05) is 35.1 Å². The highest BCUT2D eigenvalue weighted by atomic mass is 16.5. The Morgan fingerprint density at radius 1 is 1.04 bits per heavy atom. The van der Waals surface area contributed by atoms with Crippen LogP contribution in [0.2, 0.25) is 0 Å². The molecule has 1 N–H and O–H groups in total. The predicted molar refractivity (Wildman–Crippen MR) is 110 cm³/mol. The van der Waals surface area contributed by atoms with Gasteiger partial charge in [-0.15, -0.1) is 0 Å². The number of ether oxygens (including phenoxy) is 1. The molecule has 0 atom stereocenters. The zero-order valence-electron chi connectivity index (χ0n) is 16.5. The van der Waals surface area contributed by atoms with Gasteiger partial charge in [0.15, 0.2) is 5.69 Å². The van der Waals surface area contributed by atoms with E-state index in [4.69, 9.17) is 4.74 Å². The van der Waals surface area contributed by atoms with E-state index < -0.39 is 0 Å². The second-order valence-corrected chi connectivity index (χ2v) is 7.85. The van der Waals surface area contributed by atoms with Crippen molar-refractivity contribution < 1.29 is 9.53 Å². The normalized spacial score (nSPS) is 18.3. The molecule has 6 nitrogen and oxygen atoms in total. The molecule has 150 valence electrons. The van der Waals surface area contributed by atoms with E-state index in [-0.39, 0.29) is 5.91 Å². The number of anilines is 1. The summed E-state index contributed by atoms with van der Waals surface area (Å²) in [6.07, 6.45) is 10.7. The summed E-state index contributed by atoms with van der Waals surface area (Å²) in [5.74, 6) is 0.663. The standard InChI is InChI=1S/C22H30N4O2/c27-22(21-12-15-26(24-21)19-6-2-3-7-19)23-18-8-10-20(11-9-18)28-17-16-25-13-4-1-5-14-25/h8-12,15,19H,1-7,13-14,16-17H2,(H,23,27). The fourth-order valence-corrected chi connectivity index (χ4v) is 4.14. The van der Waals surface area contributed by atoms with Crippen LogP contribution in [0, 0.1) is 0 Å². The van der Waals surface area contributed by atoms with Gasteiger partial charge in [0.25, 0.3) is 5.91 Å². The summed E-state index contributed by atoms with van der Waals surface area (Å²) < 4.78 is 7.79. The van der Waals surface area contributed by atoms with Crippen molar-refractivity contribution in [1.29, 1.82) is 0 Å². The van der Waals surface area contributed by atoms with Crippen LogP contribution < -0.4 is 10.1 Å². The van der Waals surface area contributed by atoms with Gasteiger partial charge in [0.2, 0.25) is 0 Å². The second kappa shape index (κ2) is 9.24. The first-order valence-corrected chi connectivity index (χ1v) is 10.6. The van der Waals surface area contributed by atoms with Crippen LogP contribution in [0.3, 0.4) is 0 Å². The largest absolute Gasteiger partial charge is 0.492 e. The van der Waals surface area contributed by atoms with Gasteiger partial charge in [-0.1, -0.05) is 19.3 Å². The fourth-order valence-electron chi connectivity index (χ4n) is 4.14. The molecule has 0 radical (unpaired) electrons. The maximum absolute atomic E-state index is 12.5. The molecule has 1 amide bonds. The third-order valence-electron chi connectivity index (χ3n) is 5.78. The van der Waals surface area contributed by atoms with Crippen LogP contribution in [0.4, 0.5) is 5.69 Å². The van der Waals surface area contributed by atoms with Gasteiger partial charge in [-0.25, -0.2) is 0 Å². The van der Waals surface area contributed by atoms with E-state index >= 15 is 0 Å². The van der Waals surface area contributed by atoms with Crippen molar-refractivity contribution in [3.63, 3.8) is 0 Å². The summed E-state index contributed by atoms with van der Waals surface area (Å²) in [5, 5.41) is 7.38. The monoisotopic (exact) mass is 382 g/mol. The van der Waals surface area contributed by atoms with Crippen molar-refractivity contribution in [1.82, 2.24) is 14.7 Å². The van der Waals surface area contributed by atoms with Crippen LogP contribution in [0.5, 0.6) is 5.75 Å². The molecule has 0 spiro atoms. The lowest BCUT2D eigenvalue weighted by atomic mass is 10.1. The van der Waals surface area contributed by atoms with Crippen molar-refractivity contribution in [2.75, 3.05) is 31.6 Å². The molecule has 2 heterocycles. The van der Waals surface area contributed by atoms with Crippen LogP contribution in [-0.2, 0) is 0 Å². The lowest BCUT2D eigenvalue weighted by molar-refractivity contribution is 0.102. The van der Waals surface area contributed by atoms with Crippen molar-refractivity contribution in [3.8, 4) is 5.75 Å².